The van der Waals surface area contributed by atoms with Gasteiger partial charge in [-0.15, -0.1) is 0 Å². The van der Waals surface area contributed by atoms with Gasteiger partial charge in [0.1, 0.15) is 0 Å². The number of halogens is 3. The Hall–Kier alpha value is -3.40. The van der Waals surface area contributed by atoms with Crippen LogP contribution in [0, 0.1) is 5.41 Å². The zero-order chi connectivity index (χ0) is 29.7. The highest BCUT2D eigenvalue weighted by molar-refractivity contribution is 5.92. The van der Waals surface area contributed by atoms with Crippen molar-refractivity contribution in [2.24, 2.45) is 11.1 Å². The highest BCUT2D eigenvalue weighted by Gasteiger charge is 2.41. The molecule has 0 radical (unpaired) electrons. The van der Waals surface area contributed by atoms with E-state index < -0.39 is 17.6 Å². The molecular weight excluding hydrogens is 523 g/mol. The molecule has 2 atom stereocenters. The third-order valence-electron chi connectivity index (χ3n) is 7.54. The van der Waals surface area contributed by atoms with E-state index >= 15 is 0 Å². The number of aliphatic carboxylic acids is 1. The van der Waals surface area contributed by atoms with E-state index in [2.05, 4.69) is 23.1 Å². The Morgan fingerprint density at radius 2 is 1.55 bits per heavy atom. The maximum atomic E-state index is 13.2. The molecule has 10 heteroatoms. The van der Waals surface area contributed by atoms with Gasteiger partial charge in [0.05, 0.1) is 0 Å². The van der Waals surface area contributed by atoms with E-state index in [-0.39, 0.29) is 11.8 Å². The molecule has 40 heavy (non-hydrogen) atoms. The van der Waals surface area contributed by atoms with Crippen LogP contribution in [-0.2, 0) is 16.1 Å². The molecule has 2 bridgehead atoms. The van der Waals surface area contributed by atoms with Gasteiger partial charge in [-0.05, 0) is 54.9 Å². The Balaban J connectivity index is 0.000000559. The van der Waals surface area contributed by atoms with Crippen molar-refractivity contribution in [3.8, 4) is 0 Å². The van der Waals surface area contributed by atoms with Crippen molar-refractivity contribution in [3.63, 3.8) is 0 Å². The Labute approximate surface area is 233 Å². The molecule has 2 unspecified atom stereocenters. The minimum atomic E-state index is -5.08. The van der Waals surface area contributed by atoms with Crippen molar-refractivity contribution >= 4 is 17.8 Å². The molecule has 2 aromatic rings. The molecule has 2 saturated heterocycles. The predicted molar refractivity (Wildman–Crippen MR) is 145 cm³/mol. The summed E-state index contributed by atoms with van der Waals surface area (Å²) in [4.78, 5) is 38.4. The van der Waals surface area contributed by atoms with Crippen LogP contribution in [0.1, 0.15) is 73.9 Å². The maximum Gasteiger partial charge on any atom is 0.490 e. The van der Waals surface area contributed by atoms with Crippen LogP contribution in [0.5, 0.6) is 0 Å². The number of carboxylic acid groups (broad SMARTS) is 1. The van der Waals surface area contributed by atoms with Gasteiger partial charge in [-0.25, -0.2) is 4.79 Å². The normalized spacial score (nSPS) is 20.8. The Morgan fingerprint density at radius 3 is 2.05 bits per heavy atom. The van der Waals surface area contributed by atoms with E-state index in [9.17, 15) is 22.8 Å². The first kappa shape index (κ1) is 31.1. The molecule has 7 nitrogen and oxygen atoms in total. The Kier molecular flexibility index (Phi) is 10.00. The lowest BCUT2D eigenvalue weighted by atomic mass is 9.84. The molecule has 2 amide bonds. The van der Waals surface area contributed by atoms with Gasteiger partial charge in [0.2, 0.25) is 11.8 Å². The summed E-state index contributed by atoms with van der Waals surface area (Å²) in [6, 6.07) is 19.2. The van der Waals surface area contributed by atoms with Crippen molar-refractivity contribution in [3.05, 3.63) is 71.3 Å². The van der Waals surface area contributed by atoms with Crippen LogP contribution < -0.4 is 5.73 Å². The SMILES string of the molecule is CC(C)(C)C(=O)N(CCN1C2CCC1CC(c1cccc(C(N)=O)c1)C2)Cc1ccccc1.O=C(O)C(F)(F)F. The number of carboxylic acids is 1. The van der Waals surface area contributed by atoms with Crippen LogP contribution in [0.15, 0.2) is 54.6 Å². The van der Waals surface area contributed by atoms with Gasteiger partial charge < -0.3 is 15.7 Å². The first-order valence-electron chi connectivity index (χ1n) is 13.5. The second-order valence-corrected chi connectivity index (χ2v) is 11.5. The van der Waals surface area contributed by atoms with Crippen LogP contribution in [0.25, 0.3) is 0 Å². The monoisotopic (exact) mass is 561 g/mol. The van der Waals surface area contributed by atoms with Gasteiger partial charge in [-0.1, -0.05) is 63.2 Å². The Morgan fingerprint density at radius 1 is 0.975 bits per heavy atom. The topological polar surface area (TPSA) is 104 Å². The molecule has 2 aliphatic rings. The van der Waals surface area contributed by atoms with Crippen LogP contribution in [0.3, 0.4) is 0 Å². The smallest absolute Gasteiger partial charge is 0.475 e. The molecule has 0 aliphatic carbocycles. The third kappa shape index (κ3) is 8.30. The van der Waals surface area contributed by atoms with E-state index in [1.165, 1.54) is 24.0 Å². The zero-order valence-corrected chi connectivity index (χ0v) is 23.2. The molecule has 0 saturated carbocycles. The average Bonchev–Trinajstić information content (AvgIpc) is 3.12. The second kappa shape index (κ2) is 12.8. The molecule has 0 spiro atoms. The number of piperidine rings is 1. The standard InChI is InChI=1S/C28H37N3O2.C2HF3O2/c1-28(2,3)27(33)30(19-20-8-5-4-6-9-20)14-15-31-24-12-13-25(31)18-23(17-24)21-10-7-11-22(16-21)26(29)32;3-2(4,5)1(6)7/h4-11,16,23-25H,12-15,17-19H2,1-3H3,(H2,29,32);(H,6,7). The predicted octanol–water partition coefficient (Wildman–Crippen LogP) is 5.20. The average molecular weight is 562 g/mol. The number of amides is 2. The number of primary amides is 1. The van der Waals surface area contributed by atoms with Crippen LogP contribution >= 0.6 is 0 Å². The Bertz CT molecular complexity index is 1170. The molecular formula is C30H38F3N3O4. The third-order valence-corrected chi connectivity index (χ3v) is 7.54. The van der Waals surface area contributed by atoms with Gasteiger partial charge in [0, 0.05) is 42.7 Å². The van der Waals surface area contributed by atoms with Crippen molar-refractivity contribution in [1.82, 2.24) is 9.80 Å². The summed E-state index contributed by atoms with van der Waals surface area (Å²) in [5, 5.41) is 7.12. The highest BCUT2D eigenvalue weighted by atomic mass is 19.4. The van der Waals surface area contributed by atoms with E-state index in [4.69, 9.17) is 15.6 Å². The van der Waals surface area contributed by atoms with Gasteiger partial charge >= 0.3 is 12.1 Å². The summed E-state index contributed by atoms with van der Waals surface area (Å²) >= 11 is 0. The number of nitrogens with zero attached hydrogens (tertiary/aromatic N) is 2. The number of rotatable bonds is 7. The van der Waals surface area contributed by atoms with Gasteiger partial charge in [0.25, 0.3) is 0 Å². The fraction of sp³-hybridized carbons (Fsp3) is 0.500. The van der Waals surface area contributed by atoms with Crippen molar-refractivity contribution < 1.29 is 32.7 Å². The summed E-state index contributed by atoms with van der Waals surface area (Å²) in [6.07, 6.45) is -0.458. The molecule has 218 valence electrons. The lowest BCUT2D eigenvalue weighted by molar-refractivity contribution is -0.192. The molecule has 2 aromatic carbocycles. The van der Waals surface area contributed by atoms with Crippen LogP contribution in [0.2, 0.25) is 0 Å². The maximum absolute atomic E-state index is 13.2. The number of carbonyl (C=O) groups excluding carboxylic acids is 2. The zero-order valence-electron chi connectivity index (χ0n) is 23.2. The summed E-state index contributed by atoms with van der Waals surface area (Å²) in [6.45, 7) is 8.33. The number of benzene rings is 2. The van der Waals surface area contributed by atoms with Crippen molar-refractivity contribution in [2.75, 3.05) is 13.1 Å². The number of nitrogens with two attached hydrogens (primary N) is 1. The number of carbonyl (C=O) groups is 3. The highest BCUT2D eigenvalue weighted by Crippen LogP contribution is 2.43. The fourth-order valence-electron chi connectivity index (χ4n) is 5.62. The lowest BCUT2D eigenvalue weighted by Crippen LogP contribution is -2.48. The minimum Gasteiger partial charge on any atom is -0.475 e. The molecule has 3 N–H and O–H groups in total. The number of hydrogen-bond acceptors (Lipinski definition) is 4. The van der Waals surface area contributed by atoms with Crippen LogP contribution in [0.4, 0.5) is 13.2 Å². The quantitative estimate of drug-likeness (QED) is 0.484. The van der Waals surface area contributed by atoms with Gasteiger partial charge in [0.15, 0.2) is 0 Å². The first-order chi connectivity index (χ1) is 18.7. The number of alkyl halides is 3. The van der Waals surface area contributed by atoms with Crippen LogP contribution in [-0.4, -0.2) is 64.0 Å². The van der Waals surface area contributed by atoms with Crippen molar-refractivity contribution in [2.45, 2.75) is 77.2 Å². The molecule has 2 fully saturated rings. The first-order valence-corrected chi connectivity index (χ1v) is 13.5. The summed E-state index contributed by atoms with van der Waals surface area (Å²) in [5.41, 5.74) is 8.11. The number of fused-ring (bicyclic) bond motifs is 2. The van der Waals surface area contributed by atoms with E-state index in [1.807, 2.05) is 56.0 Å². The molecule has 2 heterocycles. The molecule has 0 aromatic heterocycles. The summed E-state index contributed by atoms with van der Waals surface area (Å²) in [5.74, 6) is -2.45. The molecule has 4 rings (SSSR count). The summed E-state index contributed by atoms with van der Waals surface area (Å²) < 4.78 is 31.7. The second-order valence-electron chi connectivity index (χ2n) is 11.5. The van der Waals surface area contributed by atoms with E-state index in [1.54, 1.807) is 6.07 Å². The van der Waals surface area contributed by atoms with Crippen molar-refractivity contribution in [1.29, 1.82) is 0 Å². The lowest BCUT2D eigenvalue weighted by Gasteiger charge is -2.40. The van der Waals surface area contributed by atoms with Gasteiger partial charge in [-0.2, -0.15) is 13.2 Å². The largest absolute Gasteiger partial charge is 0.490 e. The number of hydrogen-bond donors (Lipinski definition) is 2. The fourth-order valence-corrected chi connectivity index (χ4v) is 5.62. The molecule has 2 aliphatic heterocycles. The van der Waals surface area contributed by atoms with E-state index in [0.717, 1.165) is 25.9 Å². The minimum absolute atomic E-state index is 0.205. The van der Waals surface area contributed by atoms with E-state index in [0.29, 0.717) is 30.1 Å². The summed E-state index contributed by atoms with van der Waals surface area (Å²) in [7, 11) is 0. The van der Waals surface area contributed by atoms with Gasteiger partial charge in [-0.3, -0.25) is 14.5 Å².